The van der Waals surface area contributed by atoms with Gasteiger partial charge in [-0.15, -0.1) is 0 Å². The Bertz CT molecular complexity index is 305. The first kappa shape index (κ1) is 14.2. The number of hydrogen-bond acceptors (Lipinski definition) is 2. The molecule has 0 aromatic rings. The van der Waals surface area contributed by atoms with Crippen LogP contribution in [0, 0.1) is 0 Å². The first-order chi connectivity index (χ1) is 8.22. The van der Waals surface area contributed by atoms with Gasteiger partial charge < -0.3 is 9.84 Å². The Hall–Kier alpha value is -0.860. The summed E-state index contributed by atoms with van der Waals surface area (Å²) in [6.07, 6.45) is 10.9. The molecule has 1 rings (SSSR count). The first-order valence-electron chi connectivity index (χ1n) is 6.40. The molecule has 1 fully saturated rings. The third-order valence-electron chi connectivity index (χ3n) is 3.02. The molecule has 1 aliphatic heterocycles. The van der Waals surface area contributed by atoms with Crippen LogP contribution in [0.1, 0.15) is 39.5 Å². The van der Waals surface area contributed by atoms with Crippen molar-refractivity contribution < 1.29 is 9.84 Å². The van der Waals surface area contributed by atoms with Crippen molar-refractivity contribution in [2.45, 2.75) is 39.5 Å². The van der Waals surface area contributed by atoms with E-state index in [2.05, 4.69) is 26.0 Å². The van der Waals surface area contributed by atoms with Crippen molar-refractivity contribution in [3.63, 3.8) is 0 Å². The van der Waals surface area contributed by atoms with Crippen LogP contribution in [0.25, 0.3) is 0 Å². The molecule has 0 radical (unpaired) electrons. The predicted octanol–water partition coefficient (Wildman–Crippen LogP) is 3.39. The van der Waals surface area contributed by atoms with Gasteiger partial charge in [0.2, 0.25) is 0 Å². The van der Waals surface area contributed by atoms with Crippen LogP contribution >= 0.6 is 0 Å². The fourth-order valence-electron chi connectivity index (χ4n) is 1.75. The average molecular weight is 236 g/mol. The Morgan fingerprint density at radius 1 is 1.12 bits per heavy atom. The van der Waals surface area contributed by atoms with Crippen LogP contribution in [0.3, 0.4) is 0 Å². The number of aliphatic hydroxyl groups excluding tert-OH is 1. The normalized spacial score (nSPS) is 17.0. The summed E-state index contributed by atoms with van der Waals surface area (Å²) in [5.41, 5.74) is 4.17. The summed E-state index contributed by atoms with van der Waals surface area (Å²) in [5.74, 6) is 0. The Morgan fingerprint density at radius 2 is 1.76 bits per heavy atom. The molecule has 1 saturated heterocycles. The molecule has 0 aromatic heterocycles. The molecule has 0 unspecified atom stereocenters. The molecule has 0 spiro atoms. The number of allylic oxidation sites excluding steroid dienone is 4. The van der Waals surface area contributed by atoms with E-state index < -0.39 is 0 Å². The van der Waals surface area contributed by atoms with E-state index in [9.17, 15) is 0 Å². The van der Waals surface area contributed by atoms with Gasteiger partial charge in [-0.2, -0.15) is 0 Å². The highest BCUT2D eigenvalue weighted by Crippen LogP contribution is 2.14. The summed E-state index contributed by atoms with van der Waals surface area (Å²) in [6, 6.07) is 0. The van der Waals surface area contributed by atoms with Crippen molar-refractivity contribution in [1.82, 2.24) is 0 Å². The van der Waals surface area contributed by atoms with Gasteiger partial charge in [-0.3, -0.25) is 0 Å². The molecule has 1 N–H and O–H groups in total. The molecule has 2 nitrogen and oxygen atoms in total. The highest BCUT2D eigenvalue weighted by Gasteiger charge is 2.06. The van der Waals surface area contributed by atoms with E-state index in [4.69, 9.17) is 9.84 Å². The van der Waals surface area contributed by atoms with Gasteiger partial charge in [0.05, 0.1) is 19.8 Å². The van der Waals surface area contributed by atoms with Crippen molar-refractivity contribution >= 4 is 0 Å². The molecule has 0 saturated carbocycles. The largest absolute Gasteiger partial charge is 0.392 e. The molecule has 1 heterocycles. The van der Waals surface area contributed by atoms with E-state index in [1.165, 1.54) is 16.7 Å². The van der Waals surface area contributed by atoms with Crippen LogP contribution in [-0.4, -0.2) is 24.9 Å². The fraction of sp³-hybridized carbons (Fsp3) is 0.600. The van der Waals surface area contributed by atoms with Crippen molar-refractivity contribution in [2.24, 2.45) is 0 Å². The average Bonchev–Trinajstić information content (AvgIpc) is 2.22. The maximum absolute atomic E-state index is 8.73. The SMILES string of the molecule is C/C(=C\CC/C(C)=C/CO)CCC=C1COC1. The molecule has 0 aliphatic carbocycles. The monoisotopic (exact) mass is 236 g/mol. The van der Waals surface area contributed by atoms with Gasteiger partial charge in [-0.05, 0) is 45.1 Å². The summed E-state index contributed by atoms with van der Waals surface area (Å²) in [5, 5.41) is 8.73. The minimum absolute atomic E-state index is 0.157. The first-order valence-corrected chi connectivity index (χ1v) is 6.40. The summed E-state index contributed by atoms with van der Waals surface area (Å²) in [4.78, 5) is 0. The predicted molar refractivity (Wildman–Crippen MR) is 72.0 cm³/mol. The van der Waals surface area contributed by atoms with E-state index in [0.29, 0.717) is 0 Å². The zero-order chi connectivity index (χ0) is 12.5. The molecule has 17 heavy (non-hydrogen) atoms. The number of hydrogen-bond donors (Lipinski definition) is 1. The zero-order valence-corrected chi connectivity index (χ0v) is 11.0. The summed E-state index contributed by atoms with van der Waals surface area (Å²) in [6.45, 7) is 6.10. The van der Waals surface area contributed by atoms with Gasteiger partial charge in [0, 0.05) is 0 Å². The van der Waals surface area contributed by atoms with E-state index in [0.717, 1.165) is 38.9 Å². The molecule has 0 amide bonds. The van der Waals surface area contributed by atoms with Crippen molar-refractivity contribution in [3.8, 4) is 0 Å². The standard InChI is InChI=1S/C15H24O2/c1-13(5-3-6-14(2)9-10-16)7-4-8-15-11-17-12-15/h5,8-9,16H,3-4,6-7,10-12H2,1-2H3/b13-5+,14-9+. The summed E-state index contributed by atoms with van der Waals surface area (Å²) < 4.78 is 5.10. The third-order valence-corrected chi connectivity index (χ3v) is 3.02. The summed E-state index contributed by atoms with van der Waals surface area (Å²) in [7, 11) is 0. The molecule has 96 valence electrons. The van der Waals surface area contributed by atoms with Gasteiger partial charge in [0.1, 0.15) is 0 Å². The summed E-state index contributed by atoms with van der Waals surface area (Å²) >= 11 is 0. The molecule has 0 bridgehead atoms. The lowest BCUT2D eigenvalue weighted by atomic mass is 10.1. The molecule has 0 atom stereocenters. The van der Waals surface area contributed by atoms with E-state index in [-0.39, 0.29) is 6.61 Å². The number of rotatable bonds is 7. The van der Waals surface area contributed by atoms with Gasteiger partial charge in [-0.1, -0.05) is 29.4 Å². The van der Waals surface area contributed by atoms with Gasteiger partial charge in [0.15, 0.2) is 0 Å². The van der Waals surface area contributed by atoms with Crippen LogP contribution in [-0.2, 0) is 4.74 Å². The molecule has 0 aromatic carbocycles. The van der Waals surface area contributed by atoms with E-state index in [1.807, 2.05) is 6.08 Å². The lowest BCUT2D eigenvalue weighted by molar-refractivity contribution is 0.102. The Labute approximate surface area is 105 Å². The Balaban J connectivity index is 2.13. The van der Waals surface area contributed by atoms with Crippen molar-refractivity contribution in [3.05, 3.63) is 34.9 Å². The fourth-order valence-corrected chi connectivity index (χ4v) is 1.75. The quantitative estimate of drug-likeness (QED) is 0.687. The molecular formula is C15H24O2. The van der Waals surface area contributed by atoms with E-state index >= 15 is 0 Å². The topological polar surface area (TPSA) is 29.5 Å². The van der Waals surface area contributed by atoms with Crippen LogP contribution < -0.4 is 0 Å². The van der Waals surface area contributed by atoms with Gasteiger partial charge in [0.25, 0.3) is 0 Å². The second-order valence-electron chi connectivity index (χ2n) is 4.72. The van der Waals surface area contributed by atoms with Crippen LogP contribution in [0.2, 0.25) is 0 Å². The lowest BCUT2D eigenvalue weighted by Crippen LogP contribution is -2.15. The minimum Gasteiger partial charge on any atom is -0.392 e. The second-order valence-corrected chi connectivity index (χ2v) is 4.72. The second kappa shape index (κ2) is 8.26. The molecule has 2 heteroatoms. The maximum atomic E-state index is 8.73. The van der Waals surface area contributed by atoms with Gasteiger partial charge >= 0.3 is 0 Å². The number of aliphatic hydroxyl groups is 1. The highest BCUT2D eigenvalue weighted by molar-refractivity contribution is 5.10. The maximum Gasteiger partial charge on any atom is 0.0703 e. The highest BCUT2D eigenvalue weighted by atomic mass is 16.5. The van der Waals surface area contributed by atoms with Crippen molar-refractivity contribution in [2.75, 3.05) is 19.8 Å². The Kier molecular flexibility index (Phi) is 6.90. The Morgan fingerprint density at radius 3 is 2.35 bits per heavy atom. The van der Waals surface area contributed by atoms with Crippen molar-refractivity contribution in [1.29, 1.82) is 0 Å². The smallest absolute Gasteiger partial charge is 0.0703 e. The molecular weight excluding hydrogens is 212 g/mol. The van der Waals surface area contributed by atoms with Crippen LogP contribution in [0.5, 0.6) is 0 Å². The van der Waals surface area contributed by atoms with E-state index in [1.54, 1.807) is 0 Å². The van der Waals surface area contributed by atoms with Crippen LogP contribution in [0.15, 0.2) is 34.9 Å². The van der Waals surface area contributed by atoms with Gasteiger partial charge in [-0.25, -0.2) is 0 Å². The minimum atomic E-state index is 0.157. The van der Waals surface area contributed by atoms with Crippen LogP contribution in [0.4, 0.5) is 0 Å². The number of ether oxygens (including phenoxy) is 1. The third kappa shape index (κ3) is 6.44. The molecule has 1 aliphatic rings. The zero-order valence-electron chi connectivity index (χ0n) is 11.0. The lowest BCUT2D eigenvalue weighted by Gasteiger charge is -2.17.